The largest absolute Gasteiger partial charge is 0.383 e. The van der Waals surface area contributed by atoms with Crippen molar-refractivity contribution < 1.29 is 19.1 Å². The molecule has 2 heterocycles. The third-order valence-electron chi connectivity index (χ3n) is 7.10. The molecule has 180 valence electrons. The lowest BCUT2D eigenvalue weighted by Crippen LogP contribution is -2.46. The number of piperidine rings is 1. The highest BCUT2D eigenvalue weighted by molar-refractivity contribution is 6.32. The zero-order valence-corrected chi connectivity index (χ0v) is 20.3. The fraction of sp³-hybridized carbons (Fsp3) is 0.444. The number of carbonyl (C=O) groups is 3. The van der Waals surface area contributed by atoms with E-state index < -0.39 is 5.41 Å². The summed E-state index contributed by atoms with van der Waals surface area (Å²) in [5.74, 6) is -0.234. The molecule has 2 saturated heterocycles. The highest BCUT2D eigenvalue weighted by atomic mass is 35.5. The van der Waals surface area contributed by atoms with Crippen molar-refractivity contribution in [3.63, 3.8) is 0 Å². The minimum absolute atomic E-state index is 0.0600. The summed E-state index contributed by atoms with van der Waals surface area (Å²) < 4.78 is 5.08. The minimum atomic E-state index is -1.28. The molecule has 0 spiro atoms. The van der Waals surface area contributed by atoms with Crippen LogP contribution in [0.15, 0.2) is 54.6 Å². The molecule has 1 unspecified atom stereocenters. The summed E-state index contributed by atoms with van der Waals surface area (Å²) in [6, 6.07) is 17.4. The van der Waals surface area contributed by atoms with E-state index in [1.165, 1.54) is 17.6 Å². The maximum Gasteiger partial charge on any atom is 0.241 e. The number of nitrogens with zero attached hydrogens (tertiary/aromatic N) is 2. The molecule has 0 N–H and O–H groups in total. The first kappa shape index (κ1) is 24.4. The van der Waals surface area contributed by atoms with Crippen LogP contribution < -0.4 is 0 Å². The summed E-state index contributed by atoms with van der Waals surface area (Å²) in [5.41, 5.74) is 0.583. The molecule has 2 aromatic carbocycles. The van der Waals surface area contributed by atoms with Crippen molar-refractivity contribution in [1.82, 2.24) is 9.80 Å². The van der Waals surface area contributed by atoms with Crippen molar-refractivity contribution in [2.75, 3.05) is 33.4 Å². The molecular weight excluding hydrogens is 452 g/mol. The molecule has 0 saturated carbocycles. The van der Waals surface area contributed by atoms with Crippen molar-refractivity contribution in [3.05, 3.63) is 70.7 Å². The average Bonchev–Trinajstić information content (AvgIpc) is 3.08. The van der Waals surface area contributed by atoms with Gasteiger partial charge in [-0.3, -0.25) is 19.3 Å². The molecule has 34 heavy (non-hydrogen) atoms. The second-order valence-corrected chi connectivity index (χ2v) is 9.68. The van der Waals surface area contributed by atoms with Gasteiger partial charge in [0, 0.05) is 38.1 Å². The van der Waals surface area contributed by atoms with Crippen LogP contribution in [0.2, 0.25) is 5.02 Å². The predicted molar refractivity (Wildman–Crippen MR) is 130 cm³/mol. The summed E-state index contributed by atoms with van der Waals surface area (Å²) >= 11 is 6.49. The Labute approximate surface area is 205 Å². The summed E-state index contributed by atoms with van der Waals surface area (Å²) in [6.45, 7) is 1.73. The van der Waals surface area contributed by atoms with Crippen LogP contribution in [0.4, 0.5) is 0 Å². The Bertz CT molecular complexity index is 1040. The Morgan fingerprint density at radius 1 is 1.06 bits per heavy atom. The van der Waals surface area contributed by atoms with Crippen LogP contribution in [0.5, 0.6) is 0 Å². The zero-order valence-electron chi connectivity index (χ0n) is 19.5. The maximum atomic E-state index is 13.6. The van der Waals surface area contributed by atoms with Gasteiger partial charge in [-0.25, -0.2) is 0 Å². The molecule has 0 bridgehead atoms. The Kier molecular flexibility index (Phi) is 7.69. The van der Waals surface area contributed by atoms with Crippen molar-refractivity contribution in [1.29, 1.82) is 0 Å². The van der Waals surface area contributed by atoms with Gasteiger partial charge in [-0.2, -0.15) is 0 Å². The van der Waals surface area contributed by atoms with Gasteiger partial charge in [0.25, 0.3) is 0 Å². The van der Waals surface area contributed by atoms with Crippen LogP contribution in [0.25, 0.3) is 0 Å². The highest BCUT2D eigenvalue weighted by Crippen LogP contribution is 2.43. The molecule has 4 rings (SSSR count). The third kappa shape index (κ3) is 5.03. The van der Waals surface area contributed by atoms with Gasteiger partial charge >= 0.3 is 0 Å². The molecule has 2 aromatic rings. The molecule has 0 radical (unpaired) electrons. The van der Waals surface area contributed by atoms with Crippen LogP contribution in [0.3, 0.4) is 0 Å². The Hall–Kier alpha value is -2.70. The number of amides is 3. The smallest absolute Gasteiger partial charge is 0.241 e. The number of imide groups is 1. The zero-order chi connectivity index (χ0) is 24.1. The number of rotatable bonds is 8. The standard InChI is InChI=1S/C27H31ClN2O4/c1-34-16-15-30-25(32)19-27(26(30)33,22-9-5-6-10-23(22)28)18-24(31)29-13-11-21(12-14-29)17-20-7-3-2-4-8-20/h2-10,21H,11-19H2,1H3. The molecule has 3 amide bonds. The van der Waals surface area contributed by atoms with Gasteiger partial charge in [-0.15, -0.1) is 0 Å². The van der Waals surface area contributed by atoms with E-state index >= 15 is 0 Å². The van der Waals surface area contributed by atoms with E-state index in [1.807, 2.05) is 11.0 Å². The van der Waals surface area contributed by atoms with Gasteiger partial charge in [0.1, 0.15) is 0 Å². The lowest BCUT2D eigenvalue weighted by molar-refractivity contribution is -0.143. The number of likely N-dealkylation sites (tertiary alicyclic amines) is 2. The first-order valence-electron chi connectivity index (χ1n) is 11.8. The summed E-state index contributed by atoms with van der Waals surface area (Å²) in [7, 11) is 1.53. The summed E-state index contributed by atoms with van der Waals surface area (Å²) in [4.78, 5) is 43.0. The quantitative estimate of drug-likeness (QED) is 0.536. The minimum Gasteiger partial charge on any atom is -0.383 e. The van der Waals surface area contributed by atoms with Gasteiger partial charge < -0.3 is 9.64 Å². The number of hydrogen-bond donors (Lipinski definition) is 0. The van der Waals surface area contributed by atoms with Crippen LogP contribution in [-0.2, 0) is 31.0 Å². The summed E-state index contributed by atoms with van der Waals surface area (Å²) in [5, 5.41) is 0.395. The van der Waals surface area contributed by atoms with Gasteiger partial charge in [-0.05, 0) is 42.4 Å². The van der Waals surface area contributed by atoms with E-state index in [0.717, 1.165) is 19.3 Å². The molecule has 2 fully saturated rings. The van der Waals surface area contributed by atoms with E-state index in [2.05, 4.69) is 24.3 Å². The fourth-order valence-electron chi connectivity index (χ4n) is 5.21. The number of carbonyl (C=O) groups excluding carboxylic acids is 3. The SMILES string of the molecule is COCCN1C(=O)CC(CC(=O)N2CCC(Cc3ccccc3)CC2)(c2ccccc2Cl)C1=O. The van der Waals surface area contributed by atoms with Crippen LogP contribution in [0.1, 0.15) is 36.8 Å². The number of ether oxygens (including phenoxy) is 1. The second-order valence-electron chi connectivity index (χ2n) is 9.27. The van der Waals surface area contributed by atoms with Crippen molar-refractivity contribution in [3.8, 4) is 0 Å². The molecule has 0 aromatic heterocycles. The van der Waals surface area contributed by atoms with E-state index in [1.54, 1.807) is 24.3 Å². The second kappa shape index (κ2) is 10.7. The average molecular weight is 483 g/mol. The van der Waals surface area contributed by atoms with E-state index in [-0.39, 0.29) is 43.7 Å². The molecule has 2 aliphatic rings. The Morgan fingerprint density at radius 3 is 2.41 bits per heavy atom. The molecular formula is C27H31ClN2O4. The lowest BCUT2D eigenvalue weighted by atomic mass is 9.75. The first-order valence-corrected chi connectivity index (χ1v) is 12.2. The third-order valence-corrected chi connectivity index (χ3v) is 7.43. The van der Waals surface area contributed by atoms with Crippen LogP contribution in [-0.4, -0.2) is 60.9 Å². The Balaban J connectivity index is 1.49. The van der Waals surface area contributed by atoms with Crippen molar-refractivity contribution in [2.45, 2.75) is 37.5 Å². The Morgan fingerprint density at radius 2 is 1.74 bits per heavy atom. The van der Waals surface area contributed by atoms with Crippen molar-refractivity contribution in [2.24, 2.45) is 5.92 Å². The summed E-state index contributed by atoms with van der Waals surface area (Å²) in [6.07, 6.45) is 2.73. The van der Waals surface area contributed by atoms with E-state index in [4.69, 9.17) is 16.3 Å². The number of methoxy groups -OCH3 is 1. The highest BCUT2D eigenvalue weighted by Gasteiger charge is 2.54. The van der Waals surface area contributed by atoms with Gasteiger partial charge in [0.15, 0.2) is 0 Å². The topological polar surface area (TPSA) is 66.9 Å². The normalized spacial score (nSPS) is 21.4. The number of halogens is 1. The fourth-order valence-corrected chi connectivity index (χ4v) is 5.52. The van der Waals surface area contributed by atoms with Gasteiger partial charge in [0.2, 0.25) is 17.7 Å². The lowest BCUT2D eigenvalue weighted by Gasteiger charge is -2.35. The molecule has 6 nitrogen and oxygen atoms in total. The predicted octanol–water partition coefficient (Wildman–Crippen LogP) is 3.85. The first-order chi connectivity index (χ1) is 16.4. The number of benzene rings is 2. The molecule has 7 heteroatoms. The van der Waals surface area contributed by atoms with Crippen LogP contribution >= 0.6 is 11.6 Å². The number of hydrogen-bond acceptors (Lipinski definition) is 4. The van der Waals surface area contributed by atoms with E-state index in [9.17, 15) is 14.4 Å². The van der Waals surface area contributed by atoms with Gasteiger partial charge in [-0.1, -0.05) is 60.1 Å². The van der Waals surface area contributed by atoms with Crippen LogP contribution in [0, 0.1) is 5.92 Å². The maximum absolute atomic E-state index is 13.6. The van der Waals surface area contributed by atoms with E-state index in [0.29, 0.717) is 29.6 Å². The van der Waals surface area contributed by atoms with Gasteiger partial charge in [0.05, 0.1) is 18.6 Å². The molecule has 2 aliphatic heterocycles. The molecule has 0 aliphatic carbocycles. The monoisotopic (exact) mass is 482 g/mol. The molecule has 1 atom stereocenters. The van der Waals surface area contributed by atoms with Crippen molar-refractivity contribution >= 4 is 29.3 Å².